The fraction of sp³-hybridized carbons (Fsp3) is 0.404. The minimum atomic E-state index is -2.86. The summed E-state index contributed by atoms with van der Waals surface area (Å²) in [5, 5.41) is 14.2. The molecule has 5 aliphatic rings. The van der Waals surface area contributed by atoms with Gasteiger partial charge in [-0.25, -0.2) is 9.37 Å². The lowest BCUT2D eigenvalue weighted by molar-refractivity contribution is -0.136. The van der Waals surface area contributed by atoms with Gasteiger partial charge in [-0.1, -0.05) is 11.6 Å². The third kappa shape index (κ3) is 9.21. The van der Waals surface area contributed by atoms with E-state index < -0.39 is 42.6 Å². The van der Waals surface area contributed by atoms with Gasteiger partial charge in [-0.15, -0.1) is 0 Å². The average Bonchev–Trinajstić information content (AvgIpc) is 3.93. The lowest BCUT2D eigenvalue weighted by atomic mass is 9.72. The van der Waals surface area contributed by atoms with E-state index in [1.807, 2.05) is 42.5 Å². The van der Waals surface area contributed by atoms with Crippen molar-refractivity contribution in [3.63, 3.8) is 0 Å². The molecule has 3 aromatic heterocycles. The maximum absolute atomic E-state index is 16.0. The molecule has 0 radical (unpaired) electrons. The molecule has 1 atom stereocenters. The monoisotopic (exact) mass is 1040 g/mol. The number of fused-ring (bicyclic) bond motifs is 2. The van der Waals surface area contributed by atoms with E-state index in [2.05, 4.69) is 45.8 Å². The Labute approximate surface area is 431 Å². The molecule has 11 rings (SSSR count). The van der Waals surface area contributed by atoms with E-state index in [9.17, 15) is 23.7 Å². The quantitative estimate of drug-likeness (QED) is 0.0871. The average molecular weight is 1040 g/mol. The predicted molar refractivity (Wildman–Crippen MR) is 280 cm³/mol. The molecule has 8 heterocycles. The van der Waals surface area contributed by atoms with Crippen LogP contribution >= 0.6 is 18.7 Å². The highest BCUT2D eigenvalue weighted by molar-refractivity contribution is 7.71. The zero-order valence-electron chi connectivity index (χ0n) is 41.5. The van der Waals surface area contributed by atoms with Crippen LogP contribution in [-0.2, 0) is 21.2 Å². The Morgan fingerprint density at radius 1 is 0.838 bits per heavy atom. The molecular formula is C52H56ClFN13O6P. The van der Waals surface area contributed by atoms with Crippen LogP contribution < -0.4 is 35.8 Å². The van der Waals surface area contributed by atoms with Crippen LogP contribution in [-0.4, -0.2) is 135 Å². The number of aromatic nitrogens is 6. The van der Waals surface area contributed by atoms with Gasteiger partial charge in [0.1, 0.15) is 35.3 Å². The van der Waals surface area contributed by atoms with Gasteiger partial charge in [-0.3, -0.25) is 44.0 Å². The van der Waals surface area contributed by atoms with Crippen LogP contribution in [0.2, 0.25) is 5.02 Å². The molecule has 74 heavy (non-hydrogen) atoms. The van der Waals surface area contributed by atoms with Gasteiger partial charge in [0, 0.05) is 87.2 Å². The topological polar surface area (TPSA) is 213 Å². The second-order valence-corrected chi connectivity index (χ2v) is 24.0. The van der Waals surface area contributed by atoms with Crippen molar-refractivity contribution in [1.82, 2.24) is 44.8 Å². The van der Waals surface area contributed by atoms with E-state index in [0.717, 1.165) is 92.5 Å². The van der Waals surface area contributed by atoms with Crippen molar-refractivity contribution in [3.8, 4) is 16.9 Å². The number of methoxy groups -OCH3 is 1. The Kier molecular flexibility index (Phi) is 12.9. The first-order valence-corrected chi connectivity index (χ1v) is 27.9. The number of ether oxygens (including phenoxy) is 1. The Balaban J connectivity index is 0.764. The van der Waals surface area contributed by atoms with Crippen molar-refractivity contribution < 1.29 is 32.9 Å². The van der Waals surface area contributed by atoms with Crippen molar-refractivity contribution in [2.24, 2.45) is 12.5 Å². The molecule has 0 bridgehead atoms. The number of aryl methyl sites for hydroxylation is 1. The highest BCUT2D eigenvalue weighted by Gasteiger charge is 2.46. The summed E-state index contributed by atoms with van der Waals surface area (Å²) in [6.45, 7) is 8.15. The first kappa shape index (κ1) is 49.2. The number of amides is 4. The molecule has 4 saturated heterocycles. The van der Waals surface area contributed by atoms with Gasteiger partial charge >= 0.3 is 0 Å². The molecule has 0 aliphatic carbocycles. The lowest BCUT2D eigenvalue weighted by Crippen LogP contribution is -2.54. The number of hydrogen-bond donors (Lipinski definition) is 3. The largest absolute Gasteiger partial charge is 0.494 e. The number of benzene rings is 3. The number of halogens is 2. The number of anilines is 6. The van der Waals surface area contributed by atoms with Crippen LogP contribution in [0.25, 0.3) is 22.2 Å². The molecule has 3 aromatic carbocycles. The fourth-order valence-corrected chi connectivity index (χ4v) is 13.2. The highest BCUT2D eigenvalue weighted by atomic mass is 35.5. The molecule has 0 unspecified atom stereocenters. The van der Waals surface area contributed by atoms with Gasteiger partial charge in [-0.05, 0) is 107 Å². The standard InChI is InChI=1S/C52H56ClFN13O6P/c1-63-28-30(26-58-63)32-23-39(60-51-57-27-35(53)47(62-51)59-38-7-6-37-45(56-16-15-55-37)46(38)74(3,4)72)43(73-2)25-41(32)65-18-10-31(11-19-65)64-20-13-52(14-21-64)12-5-17-66(29-52)42-24-34-33(22-36(42)54)49(70)67(50(34)71)40-8-9-44(68)61-48(40)69/h6-7,15-16,22-28,31,40H,5,8-14,17-21,29H2,1-4H3,(H,61,68,69)(H2,57,59,60,62)/t40-/m1/s1. The van der Waals surface area contributed by atoms with Crippen LogP contribution in [0.1, 0.15) is 72.1 Å². The van der Waals surface area contributed by atoms with E-state index >= 15 is 4.39 Å². The SMILES string of the molecule is COc1cc(N2CCC(N3CCC4(CCCN(c5cc6c(cc5F)C(=O)N([C@@H]5CCC(=O)NC5=O)C6=O)C4)CC3)CC2)c(-c2cnn(C)c2)cc1Nc1ncc(Cl)c(Nc2ccc3nccnc3c2P(C)(C)=O)n1. The summed E-state index contributed by atoms with van der Waals surface area (Å²) in [6.07, 6.45) is 14.3. The number of carbonyl (C=O) groups is 4. The number of carbonyl (C=O) groups excluding carboxylic acids is 4. The van der Waals surface area contributed by atoms with Crippen LogP contribution in [0.5, 0.6) is 5.75 Å². The highest BCUT2D eigenvalue weighted by Crippen LogP contribution is 2.46. The first-order chi connectivity index (χ1) is 35.6. The molecule has 19 nitrogen and oxygen atoms in total. The van der Waals surface area contributed by atoms with Crippen molar-refractivity contribution in [1.29, 1.82) is 0 Å². The van der Waals surface area contributed by atoms with Gasteiger partial charge in [0.25, 0.3) is 11.8 Å². The van der Waals surface area contributed by atoms with E-state index in [-0.39, 0.29) is 40.4 Å². The molecule has 3 N–H and O–H groups in total. The molecule has 4 fully saturated rings. The third-order valence-electron chi connectivity index (χ3n) is 15.4. The molecular weight excluding hydrogens is 988 g/mol. The van der Waals surface area contributed by atoms with Crippen LogP contribution in [0.4, 0.5) is 38.9 Å². The zero-order valence-corrected chi connectivity index (χ0v) is 43.2. The fourth-order valence-electron chi connectivity index (χ4n) is 11.7. The normalized spacial score (nSPS) is 19.6. The first-order valence-electron chi connectivity index (χ1n) is 24.9. The second kappa shape index (κ2) is 19.4. The number of imide groups is 2. The maximum Gasteiger partial charge on any atom is 0.262 e. The number of likely N-dealkylation sites (tertiary alicyclic amines) is 1. The third-order valence-corrected chi connectivity index (χ3v) is 17.2. The minimum Gasteiger partial charge on any atom is -0.494 e. The zero-order chi connectivity index (χ0) is 51.6. The Morgan fingerprint density at radius 2 is 1.59 bits per heavy atom. The molecule has 22 heteroatoms. The molecule has 5 aliphatic heterocycles. The van der Waals surface area contributed by atoms with Gasteiger partial charge in [0.15, 0.2) is 5.82 Å². The number of nitrogens with one attached hydrogen (secondary N) is 3. The van der Waals surface area contributed by atoms with Gasteiger partial charge < -0.3 is 34.6 Å². The maximum atomic E-state index is 16.0. The van der Waals surface area contributed by atoms with Crippen LogP contribution in [0, 0.1) is 11.2 Å². The summed E-state index contributed by atoms with van der Waals surface area (Å²) in [5.74, 6) is -1.92. The number of hydrogen-bond acceptors (Lipinski definition) is 16. The summed E-state index contributed by atoms with van der Waals surface area (Å²) < 4.78 is 37.4. The van der Waals surface area contributed by atoms with Crippen molar-refractivity contribution >= 4 is 93.2 Å². The van der Waals surface area contributed by atoms with Crippen LogP contribution in [0.3, 0.4) is 0 Å². The smallest absolute Gasteiger partial charge is 0.262 e. The van der Waals surface area contributed by atoms with Gasteiger partial charge in [0.05, 0.1) is 58.5 Å². The molecule has 0 saturated carbocycles. The minimum absolute atomic E-state index is 0.0106. The van der Waals surface area contributed by atoms with E-state index in [4.69, 9.17) is 21.3 Å². The van der Waals surface area contributed by atoms with E-state index in [0.29, 0.717) is 64.1 Å². The van der Waals surface area contributed by atoms with Gasteiger partial charge in [-0.2, -0.15) is 10.1 Å². The number of rotatable bonds is 11. The van der Waals surface area contributed by atoms with Crippen LogP contribution in [0.15, 0.2) is 67.4 Å². The van der Waals surface area contributed by atoms with E-state index in [1.165, 1.54) is 12.3 Å². The van der Waals surface area contributed by atoms with Crippen molar-refractivity contribution in [3.05, 3.63) is 89.3 Å². The Bertz CT molecular complexity index is 3320. The molecule has 6 aromatic rings. The molecule has 1 spiro atoms. The van der Waals surface area contributed by atoms with Crippen molar-refractivity contribution in [2.75, 3.05) is 80.1 Å². The summed E-state index contributed by atoms with van der Waals surface area (Å²) in [6, 6.07) is 9.60. The number of piperidine rings is 4. The number of nitrogens with zero attached hydrogens (tertiary/aromatic N) is 10. The lowest BCUT2D eigenvalue weighted by Gasteiger charge is -2.50. The summed E-state index contributed by atoms with van der Waals surface area (Å²) in [7, 11) is 0.665. The van der Waals surface area contributed by atoms with Gasteiger partial charge in [0.2, 0.25) is 17.8 Å². The molecule has 384 valence electrons. The second-order valence-electron chi connectivity index (χ2n) is 20.4. The Hall–Kier alpha value is -7.02. The van der Waals surface area contributed by atoms with E-state index in [1.54, 1.807) is 43.6 Å². The Morgan fingerprint density at radius 3 is 2.31 bits per heavy atom. The summed E-state index contributed by atoms with van der Waals surface area (Å²) in [5.41, 5.74) is 5.57. The summed E-state index contributed by atoms with van der Waals surface area (Å²) >= 11 is 6.68. The van der Waals surface area contributed by atoms with Crippen molar-refractivity contribution in [2.45, 2.75) is 63.5 Å². The predicted octanol–water partition coefficient (Wildman–Crippen LogP) is 7.11. The summed E-state index contributed by atoms with van der Waals surface area (Å²) in [4.78, 5) is 77.5. The molecule has 4 amide bonds.